The number of hydrogen-bond donors (Lipinski definition) is 4. The number of aromatic amines is 1. The standard InChI is InChI=1S/C17H21N3O2/c1-10-7-14(20(2)8-11(22)9-21)15-12-5-3-4-6-13(12)19-17(15)16(10)18/h3-7,11,19,21-22H,8-9,18H2,1-2H3. The van der Waals surface area contributed by atoms with Gasteiger partial charge in [0, 0.05) is 35.6 Å². The highest BCUT2D eigenvalue weighted by molar-refractivity contribution is 6.17. The van der Waals surface area contributed by atoms with E-state index in [1.165, 1.54) is 0 Å². The number of para-hydroxylation sites is 1. The van der Waals surface area contributed by atoms with Crippen molar-refractivity contribution in [2.45, 2.75) is 13.0 Å². The Morgan fingerprint density at radius 2 is 2.05 bits per heavy atom. The zero-order valence-corrected chi connectivity index (χ0v) is 12.8. The average molecular weight is 299 g/mol. The number of nitrogens with zero attached hydrogens (tertiary/aromatic N) is 1. The van der Waals surface area contributed by atoms with Crippen LogP contribution < -0.4 is 10.6 Å². The summed E-state index contributed by atoms with van der Waals surface area (Å²) in [6.45, 7) is 2.07. The second-order valence-electron chi connectivity index (χ2n) is 5.76. The van der Waals surface area contributed by atoms with E-state index in [2.05, 4.69) is 11.1 Å². The Labute approximate surface area is 129 Å². The van der Waals surface area contributed by atoms with Crippen LogP contribution in [-0.2, 0) is 0 Å². The maximum atomic E-state index is 9.73. The summed E-state index contributed by atoms with van der Waals surface area (Å²) in [7, 11) is 1.91. The SMILES string of the molecule is Cc1cc(N(C)CC(O)CO)c2c([nH]c3ccccc32)c1N. The minimum Gasteiger partial charge on any atom is -0.397 e. The minimum absolute atomic E-state index is 0.255. The Hall–Kier alpha value is -2.24. The lowest BCUT2D eigenvalue weighted by molar-refractivity contribution is 0.101. The lowest BCUT2D eigenvalue weighted by atomic mass is 10.0. The van der Waals surface area contributed by atoms with Gasteiger partial charge in [-0.05, 0) is 24.6 Å². The van der Waals surface area contributed by atoms with Gasteiger partial charge in [0.25, 0.3) is 0 Å². The molecule has 1 atom stereocenters. The van der Waals surface area contributed by atoms with Crippen molar-refractivity contribution >= 4 is 33.2 Å². The van der Waals surface area contributed by atoms with Crippen LogP contribution in [0, 0.1) is 6.92 Å². The van der Waals surface area contributed by atoms with Gasteiger partial charge in [-0.2, -0.15) is 0 Å². The van der Waals surface area contributed by atoms with Gasteiger partial charge in [0.2, 0.25) is 0 Å². The maximum Gasteiger partial charge on any atom is 0.0945 e. The number of anilines is 2. The molecule has 5 N–H and O–H groups in total. The molecule has 1 unspecified atom stereocenters. The van der Waals surface area contributed by atoms with E-state index in [4.69, 9.17) is 10.8 Å². The summed E-state index contributed by atoms with van der Waals surface area (Å²) in [4.78, 5) is 5.34. The third kappa shape index (κ3) is 2.28. The lowest BCUT2D eigenvalue weighted by Crippen LogP contribution is -2.31. The smallest absolute Gasteiger partial charge is 0.0945 e. The zero-order valence-electron chi connectivity index (χ0n) is 12.8. The van der Waals surface area contributed by atoms with Crippen molar-refractivity contribution in [1.29, 1.82) is 0 Å². The monoisotopic (exact) mass is 299 g/mol. The first-order valence-electron chi connectivity index (χ1n) is 7.32. The number of aliphatic hydroxyl groups is 2. The molecule has 0 saturated heterocycles. The first-order chi connectivity index (χ1) is 10.5. The number of H-pyrrole nitrogens is 1. The fraction of sp³-hybridized carbons (Fsp3) is 0.294. The first kappa shape index (κ1) is 14.7. The number of aromatic nitrogens is 1. The number of aryl methyl sites for hydroxylation is 1. The molecule has 3 aromatic rings. The summed E-state index contributed by atoms with van der Waals surface area (Å²) in [5.74, 6) is 0. The molecule has 1 heterocycles. The maximum absolute atomic E-state index is 9.73. The van der Waals surface area contributed by atoms with Crippen LogP contribution in [0.15, 0.2) is 30.3 Å². The van der Waals surface area contributed by atoms with Crippen LogP contribution in [0.1, 0.15) is 5.56 Å². The summed E-state index contributed by atoms with van der Waals surface area (Å²) >= 11 is 0. The van der Waals surface area contributed by atoms with Crippen molar-refractivity contribution in [3.8, 4) is 0 Å². The number of hydrogen-bond acceptors (Lipinski definition) is 4. The first-order valence-corrected chi connectivity index (χ1v) is 7.32. The highest BCUT2D eigenvalue weighted by Crippen LogP contribution is 2.38. The van der Waals surface area contributed by atoms with E-state index in [0.717, 1.165) is 38.7 Å². The van der Waals surface area contributed by atoms with Crippen molar-refractivity contribution in [3.63, 3.8) is 0 Å². The predicted octanol–water partition coefficient (Wildman–Crippen LogP) is 2.00. The van der Waals surface area contributed by atoms with Gasteiger partial charge in [-0.15, -0.1) is 0 Å². The molecule has 0 aliphatic rings. The van der Waals surface area contributed by atoms with E-state index in [9.17, 15) is 5.11 Å². The van der Waals surface area contributed by atoms with Crippen LogP contribution in [0.25, 0.3) is 21.8 Å². The predicted molar refractivity (Wildman–Crippen MR) is 91.3 cm³/mol. The summed E-state index contributed by atoms with van der Waals surface area (Å²) < 4.78 is 0. The van der Waals surface area contributed by atoms with Crippen LogP contribution >= 0.6 is 0 Å². The molecule has 0 bridgehead atoms. The number of rotatable bonds is 4. The van der Waals surface area contributed by atoms with E-state index in [1.807, 2.05) is 43.1 Å². The number of nitrogen functional groups attached to an aromatic ring is 1. The second kappa shape index (κ2) is 5.51. The van der Waals surface area contributed by atoms with Crippen LogP contribution in [0.4, 0.5) is 11.4 Å². The van der Waals surface area contributed by atoms with Crippen LogP contribution in [0.2, 0.25) is 0 Å². The van der Waals surface area contributed by atoms with Crippen molar-refractivity contribution in [2.75, 3.05) is 30.8 Å². The molecule has 0 aliphatic carbocycles. The summed E-state index contributed by atoms with van der Waals surface area (Å²) in [5, 5.41) is 20.9. The Balaban J connectivity index is 2.26. The van der Waals surface area contributed by atoms with Gasteiger partial charge in [-0.1, -0.05) is 18.2 Å². The van der Waals surface area contributed by atoms with Crippen LogP contribution in [-0.4, -0.2) is 41.5 Å². The third-order valence-electron chi connectivity index (χ3n) is 4.12. The number of benzene rings is 2. The molecule has 0 fully saturated rings. The molecule has 0 spiro atoms. The molecule has 5 heteroatoms. The van der Waals surface area contributed by atoms with Gasteiger partial charge in [0.15, 0.2) is 0 Å². The summed E-state index contributed by atoms with van der Waals surface area (Å²) in [6.07, 6.45) is -0.775. The molecule has 2 aromatic carbocycles. The molecule has 0 aliphatic heterocycles. The Kier molecular flexibility index (Phi) is 3.68. The van der Waals surface area contributed by atoms with Crippen molar-refractivity contribution in [3.05, 3.63) is 35.9 Å². The third-order valence-corrected chi connectivity index (χ3v) is 4.12. The van der Waals surface area contributed by atoms with E-state index >= 15 is 0 Å². The van der Waals surface area contributed by atoms with Gasteiger partial charge >= 0.3 is 0 Å². The second-order valence-corrected chi connectivity index (χ2v) is 5.76. The van der Waals surface area contributed by atoms with Gasteiger partial charge in [0.05, 0.1) is 23.9 Å². The van der Waals surface area contributed by atoms with Crippen LogP contribution in [0.5, 0.6) is 0 Å². The van der Waals surface area contributed by atoms with E-state index in [-0.39, 0.29) is 6.61 Å². The van der Waals surface area contributed by atoms with Gasteiger partial charge < -0.3 is 25.8 Å². The molecule has 1 aromatic heterocycles. The molecule has 116 valence electrons. The normalized spacial score (nSPS) is 12.9. The fourth-order valence-corrected chi connectivity index (χ4v) is 2.94. The van der Waals surface area contributed by atoms with Gasteiger partial charge in [-0.25, -0.2) is 0 Å². The largest absolute Gasteiger partial charge is 0.397 e. The summed E-state index contributed by atoms with van der Waals surface area (Å²) in [5.41, 5.74) is 10.9. The van der Waals surface area contributed by atoms with Gasteiger partial charge in [0.1, 0.15) is 0 Å². The highest BCUT2D eigenvalue weighted by Gasteiger charge is 2.17. The summed E-state index contributed by atoms with van der Waals surface area (Å²) in [6, 6.07) is 10.1. The van der Waals surface area contributed by atoms with Crippen LogP contribution in [0.3, 0.4) is 0 Å². The highest BCUT2D eigenvalue weighted by atomic mass is 16.3. The molecule has 0 radical (unpaired) electrons. The van der Waals surface area contributed by atoms with Crippen molar-refractivity contribution in [2.24, 2.45) is 0 Å². The molecule has 22 heavy (non-hydrogen) atoms. The number of fused-ring (bicyclic) bond motifs is 3. The minimum atomic E-state index is -0.775. The van der Waals surface area contributed by atoms with E-state index in [0.29, 0.717) is 6.54 Å². The molecule has 3 rings (SSSR count). The molecule has 5 nitrogen and oxygen atoms in total. The quantitative estimate of drug-likeness (QED) is 0.555. The Morgan fingerprint density at radius 1 is 1.32 bits per heavy atom. The Bertz CT molecular complexity index is 825. The van der Waals surface area contributed by atoms with Crippen molar-refractivity contribution < 1.29 is 10.2 Å². The number of aliphatic hydroxyl groups excluding tert-OH is 2. The lowest BCUT2D eigenvalue weighted by Gasteiger charge is -2.24. The van der Waals surface area contributed by atoms with E-state index < -0.39 is 6.10 Å². The Morgan fingerprint density at radius 3 is 2.77 bits per heavy atom. The van der Waals surface area contributed by atoms with Crippen molar-refractivity contribution in [1.82, 2.24) is 4.98 Å². The number of nitrogens with one attached hydrogen (secondary N) is 1. The number of likely N-dealkylation sites (N-methyl/N-ethyl adjacent to an activating group) is 1. The molecule has 0 amide bonds. The van der Waals surface area contributed by atoms with E-state index in [1.54, 1.807) is 0 Å². The molecular formula is C17H21N3O2. The van der Waals surface area contributed by atoms with Gasteiger partial charge in [-0.3, -0.25) is 0 Å². The fourth-order valence-electron chi connectivity index (χ4n) is 2.94. The molecular weight excluding hydrogens is 278 g/mol. The zero-order chi connectivity index (χ0) is 15.9. The number of nitrogens with two attached hydrogens (primary N) is 1. The topological polar surface area (TPSA) is 85.5 Å². The molecule has 0 saturated carbocycles. The average Bonchev–Trinajstić information content (AvgIpc) is 2.90.